The van der Waals surface area contributed by atoms with Crippen molar-refractivity contribution in [3.63, 3.8) is 0 Å². The minimum atomic E-state index is -3.73. The third kappa shape index (κ3) is 5.46. The van der Waals surface area contributed by atoms with E-state index in [4.69, 9.17) is 4.74 Å². The number of hydrogen-bond acceptors (Lipinski definition) is 5. The Morgan fingerprint density at radius 3 is 2.33 bits per heavy atom. The highest BCUT2D eigenvalue weighted by Crippen LogP contribution is 2.30. The van der Waals surface area contributed by atoms with Crippen LogP contribution in [0.2, 0.25) is 0 Å². The Morgan fingerprint density at radius 2 is 1.64 bits per heavy atom. The van der Waals surface area contributed by atoms with E-state index in [1.807, 2.05) is 60.7 Å². The lowest BCUT2D eigenvalue weighted by Gasteiger charge is -2.31. The molecule has 0 unspecified atom stereocenters. The van der Waals surface area contributed by atoms with Gasteiger partial charge in [0, 0.05) is 42.1 Å². The summed E-state index contributed by atoms with van der Waals surface area (Å²) in [7, 11) is -3.73. The van der Waals surface area contributed by atoms with E-state index in [-0.39, 0.29) is 17.0 Å². The number of carbonyl (C=O) groups is 1. The van der Waals surface area contributed by atoms with Gasteiger partial charge in [-0.15, -0.1) is 0 Å². The van der Waals surface area contributed by atoms with E-state index in [0.29, 0.717) is 44.5 Å². The Balaban J connectivity index is 1.50. The molecule has 0 atom stereocenters. The van der Waals surface area contributed by atoms with Crippen LogP contribution in [0.1, 0.15) is 25.3 Å². The summed E-state index contributed by atoms with van der Waals surface area (Å²) < 4.78 is 34.5. The molecule has 0 bridgehead atoms. The van der Waals surface area contributed by atoms with Crippen molar-refractivity contribution in [2.45, 2.75) is 37.2 Å². The number of anilines is 1. The van der Waals surface area contributed by atoms with Crippen LogP contribution in [0.15, 0.2) is 71.6 Å². The van der Waals surface area contributed by atoms with Crippen molar-refractivity contribution >= 4 is 32.6 Å². The number of benzene rings is 3. The molecule has 3 aromatic rings. The number of sulfonamides is 1. The Bertz CT molecular complexity index is 1210. The Morgan fingerprint density at radius 1 is 0.970 bits per heavy atom. The molecular weight excluding hydrogens is 438 g/mol. The number of hydrogen-bond donors (Lipinski definition) is 2. The molecular formula is C25H29N3O4S. The van der Waals surface area contributed by atoms with E-state index in [1.54, 1.807) is 17.9 Å². The number of nitrogens with zero attached hydrogens (tertiary/aromatic N) is 1. The second-order valence-electron chi connectivity index (χ2n) is 8.08. The number of likely N-dealkylation sites (tertiary alicyclic amines) is 1. The van der Waals surface area contributed by atoms with Crippen molar-refractivity contribution in [1.82, 2.24) is 9.62 Å². The lowest BCUT2D eigenvalue weighted by atomic mass is 10.1. The SMILES string of the molecule is CCOC(=O)N1CCC(NS(=O)(=O)c2ccc(NCc3ccccc3)c3ccccc23)CC1. The van der Waals surface area contributed by atoms with Crippen LogP contribution in [0.3, 0.4) is 0 Å². The number of piperidine rings is 1. The van der Waals surface area contributed by atoms with Crippen molar-refractivity contribution in [3.05, 3.63) is 72.3 Å². The van der Waals surface area contributed by atoms with E-state index >= 15 is 0 Å². The van der Waals surface area contributed by atoms with E-state index in [9.17, 15) is 13.2 Å². The molecule has 1 aliphatic heterocycles. The highest BCUT2D eigenvalue weighted by atomic mass is 32.2. The number of nitrogens with one attached hydrogen (secondary N) is 2. The molecule has 0 aromatic heterocycles. The Kier molecular flexibility index (Phi) is 7.15. The molecule has 1 aliphatic rings. The van der Waals surface area contributed by atoms with E-state index < -0.39 is 10.0 Å². The molecule has 1 heterocycles. The predicted octanol–water partition coefficient (Wildman–Crippen LogP) is 4.35. The molecule has 0 radical (unpaired) electrons. The highest BCUT2D eigenvalue weighted by Gasteiger charge is 2.28. The first kappa shape index (κ1) is 23.1. The van der Waals surface area contributed by atoms with Gasteiger partial charge in [0.25, 0.3) is 0 Å². The molecule has 1 amide bonds. The van der Waals surface area contributed by atoms with Gasteiger partial charge in [-0.3, -0.25) is 0 Å². The van der Waals surface area contributed by atoms with Gasteiger partial charge >= 0.3 is 6.09 Å². The standard InChI is InChI=1S/C25H29N3O4S/c1-2-32-25(29)28-16-14-20(15-17-28)27-33(30,31)24-13-12-23(21-10-6-7-11-22(21)24)26-18-19-8-4-3-5-9-19/h3-13,20,26-27H,2,14-18H2,1H3. The van der Waals surface area contributed by atoms with Crippen LogP contribution < -0.4 is 10.0 Å². The van der Waals surface area contributed by atoms with Gasteiger partial charge in [0.2, 0.25) is 10.0 Å². The van der Waals surface area contributed by atoms with Gasteiger partial charge in [0.05, 0.1) is 11.5 Å². The van der Waals surface area contributed by atoms with Crippen molar-refractivity contribution < 1.29 is 17.9 Å². The first-order chi connectivity index (χ1) is 16.0. The molecule has 3 aromatic carbocycles. The first-order valence-corrected chi connectivity index (χ1v) is 12.7. The van der Waals surface area contributed by atoms with E-state index in [2.05, 4.69) is 10.0 Å². The van der Waals surface area contributed by atoms with Crippen molar-refractivity contribution in [3.8, 4) is 0 Å². The molecule has 0 saturated carbocycles. The van der Waals surface area contributed by atoms with Gasteiger partial charge in [-0.2, -0.15) is 0 Å². The van der Waals surface area contributed by atoms with Crippen LogP contribution in [0, 0.1) is 0 Å². The normalized spacial score (nSPS) is 14.9. The number of fused-ring (bicyclic) bond motifs is 1. The third-order valence-corrected chi connectivity index (χ3v) is 7.42. The lowest BCUT2D eigenvalue weighted by molar-refractivity contribution is 0.0966. The molecule has 174 valence electrons. The van der Waals surface area contributed by atoms with Crippen molar-refractivity contribution in [2.24, 2.45) is 0 Å². The van der Waals surface area contributed by atoms with Gasteiger partial charge < -0.3 is 15.0 Å². The summed E-state index contributed by atoms with van der Waals surface area (Å²) in [4.78, 5) is 13.8. The zero-order valence-corrected chi connectivity index (χ0v) is 19.5. The maximum Gasteiger partial charge on any atom is 0.409 e. The van der Waals surface area contributed by atoms with Crippen molar-refractivity contribution in [2.75, 3.05) is 25.0 Å². The molecule has 8 heteroatoms. The zero-order chi connectivity index (χ0) is 23.3. The number of carbonyl (C=O) groups excluding carboxylic acids is 1. The summed E-state index contributed by atoms with van der Waals surface area (Å²) in [6.45, 7) is 3.68. The highest BCUT2D eigenvalue weighted by molar-refractivity contribution is 7.89. The quantitative estimate of drug-likeness (QED) is 0.539. The fourth-order valence-electron chi connectivity index (χ4n) is 4.13. The molecule has 4 rings (SSSR count). The van der Waals surface area contributed by atoms with Crippen LogP contribution in [0.4, 0.5) is 10.5 Å². The van der Waals surface area contributed by atoms with Crippen molar-refractivity contribution in [1.29, 1.82) is 0 Å². The van der Waals surface area contributed by atoms with E-state index in [1.165, 1.54) is 0 Å². The number of amides is 1. The maximum absolute atomic E-state index is 13.3. The third-order valence-electron chi connectivity index (χ3n) is 5.84. The summed E-state index contributed by atoms with van der Waals surface area (Å²) in [6.07, 6.45) is 0.753. The zero-order valence-electron chi connectivity index (χ0n) is 18.7. The second-order valence-corrected chi connectivity index (χ2v) is 9.76. The van der Waals surface area contributed by atoms with Crippen LogP contribution >= 0.6 is 0 Å². The number of ether oxygens (including phenoxy) is 1. The summed E-state index contributed by atoms with van der Waals surface area (Å²) >= 11 is 0. The topological polar surface area (TPSA) is 87.7 Å². The smallest absolute Gasteiger partial charge is 0.409 e. The average Bonchev–Trinajstić information content (AvgIpc) is 2.83. The summed E-state index contributed by atoms with van der Waals surface area (Å²) in [6, 6.07) is 20.8. The minimum absolute atomic E-state index is 0.227. The fraction of sp³-hybridized carbons (Fsp3) is 0.320. The Hall–Kier alpha value is -3.10. The fourth-order valence-corrected chi connectivity index (χ4v) is 5.65. The maximum atomic E-state index is 13.3. The molecule has 0 aliphatic carbocycles. The van der Waals surface area contributed by atoms with Gasteiger partial charge in [-0.25, -0.2) is 17.9 Å². The van der Waals surface area contributed by atoms with Crippen LogP contribution in [-0.4, -0.2) is 45.1 Å². The van der Waals surface area contributed by atoms with Gasteiger partial charge in [0.1, 0.15) is 0 Å². The lowest BCUT2D eigenvalue weighted by Crippen LogP contribution is -2.46. The van der Waals surface area contributed by atoms with Crippen LogP contribution in [0.5, 0.6) is 0 Å². The second kappa shape index (κ2) is 10.2. The predicted molar refractivity (Wildman–Crippen MR) is 130 cm³/mol. The van der Waals surface area contributed by atoms with Crippen LogP contribution in [0.25, 0.3) is 10.8 Å². The van der Waals surface area contributed by atoms with E-state index in [0.717, 1.165) is 16.6 Å². The molecule has 7 nitrogen and oxygen atoms in total. The molecule has 33 heavy (non-hydrogen) atoms. The molecule has 2 N–H and O–H groups in total. The molecule has 1 fully saturated rings. The van der Waals surface area contributed by atoms with Gasteiger partial charge in [-0.1, -0.05) is 54.6 Å². The minimum Gasteiger partial charge on any atom is -0.450 e. The molecule has 1 saturated heterocycles. The first-order valence-electron chi connectivity index (χ1n) is 11.2. The summed E-state index contributed by atoms with van der Waals surface area (Å²) in [5.74, 6) is 0. The average molecular weight is 468 g/mol. The molecule has 0 spiro atoms. The van der Waals surface area contributed by atoms with Gasteiger partial charge in [-0.05, 0) is 37.5 Å². The Labute approximate surface area is 194 Å². The number of rotatable bonds is 7. The monoisotopic (exact) mass is 467 g/mol. The van der Waals surface area contributed by atoms with Crippen LogP contribution in [-0.2, 0) is 21.3 Å². The summed E-state index contributed by atoms with van der Waals surface area (Å²) in [5, 5.41) is 4.95. The van der Waals surface area contributed by atoms with Gasteiger partial charge in [0.15, 0.2) is 0 Å². The summed E-state index contributed by atoms with van der Waals surface area (Å²) in [5.41, 5.74) is 2.03. The largest absolute Gasteiger partial charge is 0.450 e.